The van der Waals surface area contributed by atoms with Gasteiger partial charge in [-0.2, -0.15) is 0 Å². The second kappa shape index (κ2) is 7.99. The number of rotatable bonds is 7. The van der Waals surface area contributed by atoms with Gasteiger partial charge < -0.3 is 19.9 Å². The lowest BCUT2D eigenvalue weighted by molar-refractivity contribution is 0.130. The summed E-state index contributed by atoms with van der Waals surface area (Å²) in [5, 5.41) is 13.9. The summed E-state index contributed by atoms with van der Waals surface area (Å²) >= 11 is 0. The summed E-state index contributed by atoms with van der Waals surface area (Å²) in [6, 6.07) is 15.5. The number of aliphatic hydroxyl groups excluding tert-OH is 1. The zero-order chi connectivity index (χ0) is 16.8. The van der Waals surface area contributed by atoms with Crippen LogP contribution in [0.4, 0.5) is 0 Å². The predicted octanol–water partition coefficient (Wildman–Crippen LogP) is 3.48. The maximum absolute atomic E-state index is 10.5. The van der Waals surface area contributed by atoms with E-state index in [1.54, 1.807) is 14.2 Å². The van der Waals surface area contributed by atoms with E-state index < -0.39 is 6.10 Å². The van der Waals surface area contributed by atoms with Gasteiger partial charge in [-0.3, -0.25) is 0 Å². The molecule has 4 nitrogen and oxygen atoms in total. The van der Waals surface area contributed by atoms with E-state index in [2.05, 4.69) is 12.2 Å². The molecule has 3 unspecified atom stereocenters. The van der Waals surface area contributed by atoms with Crippen LogP contribution in [0.3, 0.4) is 0 Å². The van der Waals surface area contributed by atoms with Gasteiger partial charge in [0.15, 0.2) is 0 Å². The predicted molar refractivity (Wildman–Crippen MR) is 92.0 cm³/mol. The van der Waals surface area contributed by atoms with Crippen LogP contribution in [0.25, 0.3) is 0 Å². The van der Waals surface area contributed by atoms with Gasteiger partial charge >= 0.3 is 0 Å². The smallest absolute Gasteiger partial charge is 0.118 e. The monoisotopic (exact) mass is 315 g/mol. The Balaban J connectivity index is 1.99. The highest BCUT2D eigenvalue weighted by Crippen LogP contribution is 2.23. The average molecular weight is 315 g/mol. The van der Waals surface area contributed by atoms with Crippen molar-refractivity contribution >= 4 is 0 Å². The van der Waals surface area contributed by atoms with Crippen LogP contribution in [0.5, 0.6) is 11.5 Å². The molecule has 0 saturated heterocycles. The van der Waals surface area contributed by atoms with Crippen molar-refractivity contribution in [1.82, 2.24) is 5.32 Å². The number of nitrogens with one attached hydrogen (secondary N) is 1. The Bertz CT molecular complexity index is 595. The molecule has 4 heteroatoms. The van der Waals surface area contributed by atoms with E-state index in [-0.39, 0.29) is 12.1 Å². The number of ether oxygens (including phenoxy) is 2. The molecule has 2 aromatic carbocycles. The minimum atomic E-state index is -0.582. The van der Waals surface area contributed by atoms with Crippen LogP contribution in [-0.2, 0) is 0 Å². The van der Waals surface area contributed by atoms with Crippen LogP contribution < -0.4 is 14.8 Å². The molecule has 2 rings (SSSR count). The molecule has 0 aromatic heterocycles. The lowest BCUT2D eigenvalue weighted by atomic mass is 10.0. The molecule has 3 atom stereocenters. The van der Waals surface area contributed by atoms with Crippen LogP contribution >= 0.6 is 0 Å². The number of aliphatic hydroxyl groups is 1. The molecule has 0 aliphatic heterocycles. The van der Waals surface area contributed by atoms with E-state index in [9.17, 15) is 5.11 Å². The van der Waals surface area contributed by atoms with Crippen LogP contribution in [0.1, 0.15) is 37.1 Å². The van der Waals surface area contributed by atoms with Gasteiger partial charge in [-0.25, -0.2) is 0 Å². The van der Waals surface area contributed by atoms with Gasteiger partial charge in [-0.1, -0.05) is 24.3 Å². The van der Waals surface area contributed by atoms with Crippen molar-refractivity contribution in [3.05, 3.63) is 59.7 Å². The number of benzene rings is 2. The van der Waals surface area contributed by atoms with Crippen LogP contribution in [-0.4, -0.2) is 25.4 Å². The minimum Gasteiger partial charge on any atom is -0.497 e. The van der Waals surface area contributed by atoms with Gasteiger partial charge in [0.1, 0.15) is 11.5 Å². The van der Waals surface area contributed by atoms with Crippen molar-refractivity contribution < 1.29 is 14.6 Å². The molecule has 0 radical (unpaired) electrons. The summed E-state index contributed by atoms with van der Waals surface area (Å²) in [5.74, 6) is 1.63. The molecule has 0 aliphatic carbocycles. The minimum absolute atomic E-state index is 0.0829. The van der Waals surface area contributed by atoms with E-state index in [0.717, 1.165) is 22.6 Å². The third kappa shape index (κ3) is 4.47. The second-order valence-electron chi connectivity index (χ2n) is 5.67. The fourth-order valence-corrected chi connectivity index (χ4v) is 2.56. The Kier molecular flexibility index (Phi) is 6.02. The Morgan fingerprint density at radius 3 is 1.65 bits per heavy atom. The molecule has 0 spiro atoms. The normalized spacial score (nSPS) is 14.8. The van der Waals surface area contributed by atoms with Crippen molar-refractivity contribution in [1.29, 1.82) is 0 Å². The summed E-state index contributed by atoms with van der Waals surface area (Å²) in [5.41, 5.74) is 2.02. The molecule has 0 bridgehead atoms. The van der Waals surface area contributed by atoms with E-state index in [4.69, 9.17) is 9.47 Å². The Labute approximate surface area is 138 Å². The summed E-state index contributed by atoms with van der Waals surface area (Å²) in [6.45, 7) is 4.06. The standard InChI is InChI=1S/C19H25NO3/c1-13(15-5-9-17(22-3)10-6-15)20-14(2)19(21)16-7-11-18(23-4)12-8-16/h5-14,19-21H,1-4H3. The third-order valence-electron chi connectivity index (χ3n) is 4.06. The van der Waals surface area contributed by atoms with Crippen molar-refractivity contribution in [2.45, 2.75) is 32.0 Å². The summed E-state index contributed by atoms with van der Waals surface area (Å²) in [6.07, 6.45) is -0.582. The van der Waals surface area contributed by atoms with E-state index in [0.29, 0.717) is 0 Å². The fourth-order valence-electron chi connectivity index (χ4n) is 2.56. The second-order valence-corrected chi connectivity index (χ2v) is 5.67. The molecule has 124 valence electrons. The third-order valence-corrected chi connectivity index (χ3v) is 4.06. The quantitative estimate of drug-likeness (QED) is 0.821. The molecule has 0 fully saturated rings. The van der Waals surface area contributed by atoms with Crippen molar-refractivity contribution in [3.63, 3.8) is 0 Å². The first kappa shape index (κ1) is 17.3. The maximum atomic E-state index is 10.5. The number of hydrogen-bond donors (Lipinski definition) is 2. The van der Waals surface area contributed by atoms with Crippen molar-refractivity contribution in [2.75, 3.05) is 14.2 Å². The Morgan fingerprint density at radius 2 is 1.22 bits per heavy atom. The highest BCUT2D eigenvalue weighted by atomic mass is 16.5. The van der Waals surface area contributed by atoms with Crippen LogP contribution in [0, 0.1) is 0 Å². The van der Waals surface area contributed by atoms with Gasteiger partial charge in [0.2, 0.25) is 0 Å². The highest BCUT2D eigenvalue weighted by Gasteiger charge is 2.19. The molecular formula is C19H25NO3. The Morgan fingerprint density at radius 1 is 0.783 bits per heavy atom. The Hall–Kier alpha value is -2.04. The lowest BCUT2D eigenvalue weighted by Crippen LogP contribution is -2.34. The summed E-state index contributed by atoms with van der Waals surface area (Å²) in [4.78, 5) is 0. The van der Waals surface area contributed by atoms with Crippen molar-refractivity contribution in [2.24, 2.45) is 0 Å². The van der Waals surface area contributed by atoms with Gasteiger partial charge in [0.25, 0.3) is 0 Å². The van der Waals surface area contributed by atoms with Gasteiger partial charge in [-0.05, 0) is 49.2 Å². The van der Waals surface area contributed by atoms with Crippen LogP contribution in [0.2, 0.25) is 0 Å². The summed E-state index contributed by atoms with van der Waals surface area (Å²) in [7, 11) is 3.29. The van der Waals surface area contributed by atoms with Crippen molar-refractivity contribution in [3.8, 4) is 11.5 Å². The molecule has 23 heavy (non-hydrogen) atoms. The zero-order valence-corrected chi connectivity index (χ0v) is 14.1. The number of methoxy groups -OCH3 is 2. The van der Waals surface area contributed by atoms with E-state index in [1.165, 1.54) is 0 Å². The highest BCUT2D eigenvalue weighted by molar-refractivity contribution is 5.30. The molecule has 0 amide bonds. The van der Waals surface area contributed by atoms with Gasteiger partial charge in [0, 0.05) is 12.1 Å². The van der Waals surface area contributed by atoms with Crippen LogP contribution in [0.15, 0.2) is 48.5 Å². The number of hydrogen-bond acceptors (Lipinski definition) is 4. The largest absolute Gasteiger partial charge is 0.497 e. The topological polar surface area (TPSA) is 50.7 Å². The lowest BCUT2D eigenvalue weighted by Gasteiger charge is -2.25. The van der Waals surface area contributed by atoms with E-state index >= 15 is 0 Å². The maximum Gasteiger partial charge on any atom is 0.118 e. The van der Waals surface area contributed by atoms with E-state index in [1.807, 2.05) is 55.5 Å². The first-order valence-electron chi connectivity index (χ1n) is 7.77. The molecule has 0 heterocycles. The average Bonchev–Trinajstić information content (AvgIpc) is 2.61. The SMILES string of the molecule is COc1ccc(C(C)NC(C)C(O)c2ccc(OC)cc2)cc1. The first-order chi connectivity index (χ1) is 11.0. The molecule has 2 aromatic rings. The summed E-state index contributed by atoms with van der Waals surface area (Å²) < 4.78 is 10.3. The first-order valence-corrected chi connectivity index (χ1v) is 7.77. The molecule has 2 N–H and O–H groups in total. The molecule has 0 saturated carbocycles. The van der Waals surface area contributed by atoms with Gasteiger partial charge in [-0.15, -0.1) is 0 Å². The fraction of sp³-hybridized carbons (Fsp3) is 0.368. The molecule has 0 aliphatic rings. The molecular weight excluding hydrogens is 290 g/mol. The zero-order valence-electron chi connectivity index (χ0n) is 14.1. The van der Waals surface area contributed by atoms with Gasteiger partial charge in [0.05, 0.1) is 20.3 Å².